The zero-order chi connectivity index (χ0) is 15.4. The van der Waals surface area contributed by atoms with Crippen molar-refractivity contribution in [2.45, 2.75) is 38.4 Å². The summed E-state index contributed by atoms with van der Waals surface area (Å²) >= 11 is 0. The normalized spacial score (nSPS) is 11.2. The van der Waals surface area contributed by atoms with E-state index in [9.17, 15) is 9.59 Å². The van der Waals surface area contributed by atoms with Crippen LogP contribution in [0, 0.1) is 0 Å². The van der Waals surface area contributed by atoms with Crippen molar-refractivity contribution in [3.63, 3.8) is 0 Å². The molecule has 0 fully saturated rings. The molecular weight excluding hydrogens is 280 g/mol. The molecule has 0 spiro atoms. The lowest BCUT2D eigenvalue weighted by molar-refractivity contribution is -0.151. The molecule has 7 heteroatoms. The standard InChI is InChI=1S/C13H26O6Si/c1-16-9-10-19-13(15)7-6-12(14)18-8-5-11-20(3,4)17-2/h5-11H2,1-4H3. The monoisotopic (exact) mass is 306 g/mol. The van der Waals surface area contributed by atoms with E-state index in [2.05, 4.69) is 13.1 Å². The molecule has 118 valence electrons. The molecule has 0 atom stereocenters. The van der Waals surface area contributed by atoms with Gasteiger partial charge in [0.2, 0.25) is 0 Å². The van der Waals surface area contributed by atoms with Crippen LogP contribution in [0.4, 0.5) is 0 Å². The van der Waals surface area contributed by atoms with Crippen LogP contribution in [0.2, 0.25) is 19.1 Å². The van der Waals surface area contributed by atoms with Crippen LogP contribution in [0.3, 0.4) is 0 Å². The maximum Gasteiger partial charge on any atom is 0.306 e. The van der Waals surface area contributed by atoms with Crippen LogP contribution in [-0.2, 0) is 28.2 Å². The van der Waals surface area contributed by atoms with E-state index >= 15 is 0 Å². The van der Waals surface area contributed by atoms with Gasteiger partial charge in [-0.2, -0.15) is 0 Å². The molecule has 6 nitrogen and oxygen atoms in total. The van der Waals surface area contributed by atoms with E-state index in [1.807, 2.05) is 0 Å². The SMILES string of the molecule is COCCOC(=O)CCC(=O)OCCC[Si](C)(C)OC. The summed E-state index contributed by atoms with van der Waals surface area (Å²) in [4.78, 5) is 22.6. The van der Waals surface area contributed by atoms with E-state index in [0.29, 0.717) is 13.2 Å². The highest BCUT2D eigenvalue weighted by Gasteiger charge is 2.19. The molecule has 0 rings (SSSR count). The Morgan fingerprint density at radius 2 is 1.45 bits per heavy atom. The van der Waals surface area contributed by atoms with Crippen LogP contribution in [-0.4, -0.2) is 54.3 Å². The van der Waals surface area contributed by atoms with Crippen molar-refractivity contribution < 1.29 is 28.2 Å². The van der Waals surface area contributed by atoms with E-state index in [-0.39, 0.29) is 25.4 Å². The molecule has 0 N–H and O–H groups in total. The topological polar surface area (TPSA) is 71.1 Å². The third-order valence-corrected chi connectivity index (χ3v) is 5.49. The van der Waals surface area contributed by atoms with Crippen molar-refractivity contribution in [3.05, 3.63) is 0 Å². The molecule has 0 aliphatic rings. The molecular formula is C13H26O6Si. The van der Waals surface area contributed by atoms with Gasteiger partial charge in [0.25, 0.3) is 0 Å². The summed E-state index contributed by atoms with van der Waals surface area (Å²) < 4.78 is 20.0. The van der Waals surface area contributed by atoms with Gasteiger partial charge in [-0.15, -0.1) is 0 Å². The Hall–Kier alpha value is -0.923. The lowest BCUT2D eigenvalue weighted by Gasteiger charge is -2.19. The molecule has 0 bridgehead atoms. The number of rotatable bonds is 11. The first-order chi connectivity index (χ1) is 9.41. The first-order valence-corrected chi connectivity index (χ1v) is 9.88. The summed E-state index contributed by atoms with van der Waals surface area (Å²) in [5, 5.41) is 0. The van der Waals surface area contributed by atoms with Gasteiger partial charge in [0.15, 0.2) is 8.32 Å². The largest absolute Gasteiger partial charge is 0.466 e. The zero-order valence-electron chi connectivity index (χ0n) is 12.9. The lowest BCUT2D eigenvalue weighted by atomic mass is 10.3. The van der Waals surface area contributed by atoms with Crippen molar-refractivity contribution in [1.82, 2.24) is 0 Å². The van der Waals surface area contributed by atoms with E-state index in [0.717, 1.165) is 12.5 Å². The van der Waals surface area contributed by atoms with Crippen LogP contribution < -0.4 is 0 Å². The Morgan fingerprint density at radius 3 is 1.95 bits per heavy atom. The molecule has 0 unspecified atom stereocenters. The molecule has 0 radical (unpaired) electrons. The Morgan fingerprint density at radius 1 is 0.900 bits per heavy atom. The van der Waals surface area contributed by atoms with Crippen LogP contribution in [0.15, 0.2) is 0 Å². The number of hydrogen-bond acceptors (Lipinski definition) is 6. The fraction of sp³-hybridized carbons (Fsp3) is 0.846. The number of esters is 2. The van der Waals surface area contributed by atoms with Crippen molar-refractivity contribution in [2.75, 3.05) is 34.0 Å². The highest BCUT2D eigenvalue weighted by atomic mass is 28.4. The van der Waals surface area contributed by atoms with E-state index in [4.69, 9.17) is 18.6 Å². The van der Waals surface area contributed by atoms with Crippen molar-refractivity contribution >= 4 is 20.3 Å². The maximum absolute atomic E-state index is 11.4. The second-order valence-corrected chi connectivity index (χ2v) is 9.43. The summed E-state index contributed by atoms with van der Waals surface area (Å²) in [6, 6.07) is 0.940. The van der Waals surface area contributed by atoms with Crippen LogP contribution in [0.25, 0.3) is 0 Å². The maximum atomic E-state index is 11.4. The van der Waals surface area contributed by atoms with Gasteiger partial charge in [-0.25, -0.2) is 0 Å². The molecule has 0 aromatic rings. The van der Waals surface area contributed by atoms with Gasteiger partial charge in [0.05, 0.1) is 26.1 Å². The van der Waals surface area contributed by atoms with Gasteiger partial charge in [-0.05, 0) is 25.6 Å². The average molecular weight is 306 g/mol. The van der Waals surface area contributed by atoms with Gasteiger partial charge in [-0.1, -0.05) is 0 Å². The van der Waals surface area contributed by atoms with Crippen LogP contribution >= 0.6 is 0 Å². The minimum absolute atomic E-state index is 0.0425. The van der Waals surface area contributed by atoms with Crippen LogP contribution in [0.1, 0.15) is 19.3 Å². The molecule has 0 aromatic carbocycles. The average Bonchev–Trinajstić information content (AvgIpc) is 2.42. The summed E-state index contributed by atoms with van der Waals surface area (Å²) in [5.41, 5.74) is 0. The summed E-state index contributed by atoms with van der Waals surface area (Å²) in [6.45, 7) is 5.17. The minimum Gasteiger partial charge on any atom is -0.466 e. The molecule has 0 aromatic heterocycles. The van der Waals surface area contributed by atoms with Gasteiger partial charge < -0.3 is 18.6 Å². The lowest BCUT2D eigenvalue weighted by Crippen LogP contribution is -2.28. The predicted molar refractivity (Wildman–Crippen MR) is 76.9 cm³/mol. The van der Waals surface area contributed by atoms with E-state index in [1.54, 1.807) is 7.11 Å². The molecule has 0 saturated heterocycles. The Kier molecular flexibility index (Phi) is 10.3. The molecule has 0 aliphatic carbocycles. The van der Waals surface area contributed by atoms with Gasteiger partial charge in [-0.3, -0.25) is 9.59 Å². The third kappa shape index (κ3) is 11.0. The van der Waals surface area contributed by atoms with Gasteiger partial charge in [0, 0.05) is 14.2 Å². The number of methoxy groups -OCH3 is 1. The highest BCUT2D eigenvalue weighted by Crippen LogP contribution is 2.12. The quantitative estimate of drug-likeness (QED) is 0.329. The first-order valence-electron chi connectivity index (χ1n) is 6.76. The summed E-state index contributed by atoms with van der Waals surface area (Å²) in [5.74, 6) is -0.780. The van der Waals surface area contributed by atoms with Crippen LogP contribution in [0.5, 0.6) is 0 Å². The molecule has 20 heavy (non-hydrogen) atoms. The van der Waals surface area contributed by atoms with Gasteiger partial charge >= 0.3 is 11.9 Å². The van der Waals surface area contributed by atoms with E-state index < -0.39 is 14.3 Å². The number of hydrogen-bond donors (Lipinski definition) is 0. The smallest absolute Gasteiger partial charge is 0.306 e. The van der Waals surface area contributed by atoms with Gasteiger partial charge in [0.1, 0.15) is 6.61 Å². The minimum atomic E-state index is -1.58. The van der Waals surface area contributed by atoms with Crippen molar-refractivity contribution in [1.29, 1.82) is 0 Å². The number of carbonyl (C=O) groups is 2. The molecule has 0 heterocycles. The molecule has 0 saturated carbocycles. The number of ether oxygens (including phenoxy) is 3. The molecule has 0 aliphatic heterocycles. The van der Waals surface area contributed by atoms with Crippen molar-refractivity contribution in [3.8, 4) is 0 Å². The third-order valence-electron chi connectivity index (χ3n) is 2.82. The Bertz CT molecular complexity index is 293. The first kappa shape index (κ1) is 19.1. The fourth-order valence-electron chi connectivity index (χ4n) is 1.37. The predicted octanol–water partition coefficient (Wildman–Crippen LogP) is 1.74. The molecule has 0 amide bonds. The zero-order valence-corrected chi connectivity index (χ0v) is 13.9. The second kappa shape index (κ2) is 10.8. The summed E-state index contributed by atoms with van der Waals surface area (Å²) in [6.07, 6.45) is 0.884. The summed E-state index contributed by atoms with van der Waals surface area (Å²) in [7, 11) is 1.66. The Labute approximate surface area is 121 Å². The van der Waals surface area contributed by atoms with Crippen molar-refractivity contribution in [2.24, 2.45) is 0 Å². The van der Waals surface area contributed by atoms with E-state index in [1.165, 1.54) is 7.11 Å². The number of carbonyl (C=O) groups excluding carboxylic acids is 2. The highest BCUT2D eigenvalue weighted by molar-refractivity contribution is 6.71. The Balaban J connectivity index is 3.57. The fourth-order valence-corrected chi connectivity index (χ4v) is 2.57. The second-order valence-electron chi connectivity index (χ2n) is 5.00.